The largest absolute Gasteiger partial charge is 0.494 e. The first-order valence-corrected chi connectivity index (χ1v) is 12.1. The maximum Gasteiger partial charge on any atom is 0.304 e. The van der Waals surface area contributed by atoms with Crippen molar-refractivity contribution in [2.75, 3.05) is 37.2 Å². The van der Waals surface area contributed by atoms with Gasteiger partial charge in [-0.2, -0.15) is 18.0 Å². The van der Waals surface area contributed by atoms with Crippen molar-refractivity contribution in [1.82, 2.24) is 4.31 Å². The summed E-state index contributed by atoms with van der Waals surface area (Å²) in [5.74, 6) is 0.790. The van der Waals surface area contributed by atoms with E-state index in [0.717, 1.165) is 30.6 Å². The van der Waals surface area contributed by atoms with E-state index in [1.807, 2.05) is 37.3 Å². The standard InChI is InChI=1S/C23H28N4O4S/c1-2-31-25-19-21-8-12-23(13-9-21)30-17-5-3-4-14-26-15-16-27(32(26,28)29)22-10-6-20(18-24)7-11-22/h6-13,19H,2-5,14-17H2,1H3/b25-19+. The molecule has 2 aromatic rings. The molecule has 0 bridgehead atoms. The fraction of sp³-hybridized carbons (Fsp3) is 0.391. The molecule has 0 aromatic heterocycles. The highest BCUT2D eigenvalue weighted by Gasteiger charge is 2.36. The quantitative estimate of drug-likeness (QED) is 0.293. The zero-order valence-corrected chi connectivity index (χ0v) is 19.0. The molecular weight excluding hydrogens is 428 g/mol. The summed E-state index contributed by atoms with van der Waals surface area (Å²) in [5, 5.41) is 12.7. The molecule has 0 saturated carbocycles. The molecule has 0 spiro atoms. The molecule has 0 N–H and O–H groups in total. The Labute approximate surface area is 189 Å². The average molecular weight is 457 g/mol. The van der Waals surface area contributed by atoms with Crippen LogP contribution in [0.25, 0.3) is 0 Å². The van der Waals surface area contributed by atoms with Gasteiger partial charge in [-0.05, 0) is 80.3 Å². The lowest BCUT2D eigenvalue weighted by atomic mass is 10.2. The minimum absolute atomic E-state index is 0.419. The van der Waals surface area contributed by atoms with Gasteiger partial charge in [0.1, 0.15) is 12.4 Å². The van der Waals surface area contributed by atoms with E-state index in [9.17, 15) is 8.42 Å². The predicted molar refractivity (Wildman–Crippen MR) is 124 cm³/mol. The molecule has 1 aliphatic heterocycles. The van der Waals surface area contributed by atoms with Gasteiger partial charge in [0.15, 0.2) is 0 Å². The zero-order chi connectivity index (χ0) is 22.8. The topological polar surface area (TPSA) is 95.2 Å². The van der Waals surface area contributed by atoms with Crippen molar-refractivity contribution in [3.05, 3.63) is 59.7 Å². The van der Waals surface area contributed by atoms with Crippen LogP contribution in [-0.2, 0) is 15.0 Å². The van der Waals surface area contributed by atoms with Gasteiger partial charge in [0.2, 0.25) is 0 Å². The number of nitriles is 1. The molecule has 0 unspecified atom stereocenters. The van der Waals surface area contributed by atoms with Crippen LogP contribution in [0, 0.1) is 11.3 Å². The SMILES string of the molecule is CCO/N=C/c1ccc(OCCCCCN2CCN(c3ccc(C#N)cc3)S2(=O)=O)cc1. The second-order valence-electron chi connectivity index (χ2n) is 7.27. The second kappa shape index (κ2) is 11.5. The van der Waals surface area contributed by atoms with E-state index in [4.69, 9.17) is 14.8 Å². The van der Waals surface area contributed by atoms with Crippen molar-refractivity contribution >= 4 is 22.1 Å². The number of rotatable bonds is 11. The Morgan fingerprint density at radius 1 is 1.06 bits per heavy atom. The Morgan fingerprint density at radius 3 is 2.50 bits per heavy atom. The van der Waals surface area contributed by atoms with E-state index in [1.54, 1.807) is 30.5 Å². The summed E-state index contributed by atoms with van der Waals surface area (Å²) < 4.78 is 34.3. The Bertz CT molecular complexity index is 1030. The van der Waals surface area contributed by atoms with Gasteiger partial charge in [0, 0.05) is 19.6 Å². The lowest BCUT2D eigenvalue weighted by molar-refractivity contribution is 0.160. The molecule has 9 heteroatoms. The van der Waals surface area contributed by atoms with Crippen molar-refractivity contribution in [1.29, 1.82) is 5.26 Å². The van der Waals surface area contributed by atoms with E-state index in [2.05, 4.69) is 5.16 Å². The van der Waals surface area contributed by atoms with Gasteiger partial charge < -0.3 is 9.57 Å². The van der Waals surface area contributed by atoms with Crippen LogP contribution in [-0.4, -0.2) is 51.8 Å². The highest BCUT2D eigenvalue weighted by Crippen LogP contribution is 2.25. The molecule has 170 valence electrons. The summed E-state index contributed by atoms with van der Waals surface area (Å²) in [6, 6.07) is 16.3. The number of benzene rings is 2. The molecule has 2 aromatic carbocycles. The molecule has 1 heterocycles. The summed E-state index contributed by atoms with van der Waals surface area (Å²) >= 11 is 0. The van der Waals surface area contributed by atoms with Crippen molar-refractivity contribution < 1.29 is 18.0 Å². The minimum Gasteiger partial charge on any atom is -0.494 e. The third kappa shape index (κ3) is 6.22. The second-order valence-corrected chi connectivity index (χ2v) is 9.12. The molecule has 0 atom stereocenters. The summed E-state index contributed by atoms with van der Waals surface area (Å²) in [7, 11) is -3.52. The maximum absolute atomic E-state index is 12.8. The lowest BCUT2D eigenvalue weighted by Crippen LogP contribution is -2.33. The summed E-state index contributed by atoms with van der Waals surface area (Å²) in [4.78, 5) is 4.94. The Hall–Kier alpha value is -3.09. The van der Waals surface area contributed by atoms with Crippen LogP contribution < -0.4 is 9.04 Å². The molecule has 1 saturated heterocycles. The van der Waals surface area contributed by atoms with Gasteiger partial charge >= 0.3 is 10.2 Å². The molecule has 8 nitrogen and oxygen atoms in total. The number of hydrogen-bond donors (Lipinski definition) is 0. The third-order valence-electron chi connectivity index (χ3n) is 5.05. The van der Waals surface area contributed by atoms with E-state index in [0.29, 0.717) is 44.1 Å². The first-order chi connectivity index (χ1) is 15.5. The van der Waals surface area contributed by atoms with Crippen LogP contribution in [0.2, 0.25) is 0 Å². The average Bonchev–Trinajstić information content (AvgIpc) is 3.11. The van der Waals surface area contributed by atoms with Gasteiger partial charge in [-0.25, -0.2) is 0 Å². The van der Waals surface area contributed by atoms with Crippen LogP contribution in [0.4, 0.5) is 5.69 Å². The number of nitrogens with zero attached hydrogens (tertiary/aromatic N) is 4. The Balaban J connectivity index is 1.37. The van der Waals surface area contributed by atoms with Crippen LogP contribution >= 0.6 is 0 Å². The first kappa shape index (κ1) is 23.6. The first-order valence-electron chi connectivity index (χ1n) is 10.7. The number of anilines is 1. The lowest BCUT2D eigenvalue weighted by Gasteiger charge is -2.20. The number of hydrogen-bond acceptors (Lipinski definition) is 6. The van der Waals surface area contributed by atoms with E-state index in [1.165, 1.54) is 8.61 Å². The molecule has 32 heavy (non-hydrogen) atoms. The third-order valence-corrected chi connectivity index (χ3v) is 7.02. The highest BCUT2D eigenvalue weighted by atomic mass is 32.2. The van der Waals surface area contributed by atoms with Gasteiger partial charge in [0.05, 0.1) is 30.1 Å². The monoisotopic (exact) mass is 456 g/mol. The van der Waals surface area contributed by atoms with Crippen LogP contribution in [0.3, 0.4) is 0 Å². The molecular formula is C23H28N4O4S. The summed E-state index contributed by atoms with van der Waals surface area (Å²) in [5.41, 5.74) is 2.04. The van der Waals surface area contributed by atoms with E-state index >= 15 is 0 Å². The zero-order valence-electron chi connectivity index (χ0n) is 18.2. The van der Waals surface area contributed by atoms with Gasteiger partial charge in [-0.3, -0.25) is 4.31 Å². The number of ether oxygens (including phenoxy) is 1. The molecule has 0 aliphatic carbocycles. The Kier molecular flexibility index (Phi) is 8.48. The normalized spacial score (nSPS) is 15.7. The molecule has 0 radical (unpaired) electrons. The smallest absolute Gasteiger partial charge is 0.304 e. The van der Waals surface area contributed by atoms with Gasteiger partial charge in [0.25, 0.3) is 0 Å². The van der Waals surface area contributed by atoms with Crippen LogP contribution in [0.5, 0.6) is 5.75 Å². The fourth-order valence-electron chi connectivity index (χ4n) is 3.34. The molecule has 1 aliphatic rings. The molecule has 3 rings (SSSR count). The number of unbranched alkanes of at least 4 members (excludes halogenated alkanes) is 2. The Morgan fingerprint density at radius 2 is 1.81 bits per heavy atom. The number of oxime groups is 1. The van der Waals surface area contributed by atoms with Gasteiger partial charge in [-0.1, -0.05) is 5.16 Å². The fourth-order valence-corrected chi connectivity index (χ4v) is 5.00. The van der Waals surface area contributed by atoms with Crippen molar-refractivity contribution in [3.8, 4) is 11.8 Å². The van der Waals surface area contributed by atoms with E-state index < -0.39 is 10.2 Å². The van der Waals surface area contributed by atoms with Crippen LogP contribution in [0.15, 0.2) is 53.7 Å². The predicted octanol–water partition coefficient (Wildman–Crippen LogP) is 3.54. The van der Waals surface area contributed by atoms with Crippen molar-refractivity contribution in [2.45, 2.75) is 26.2 Å². The minimum atomic E-state index is -3.52. The maximum atomic E-state index is 12.8. The van der Waals surface area contributed by atoms with Crippen molar-refractivity contribution in [3.63, 3.8) is 0 Å². The van der Waals surface area contributed by atoms with Crippen LogP contribution in [0.1, 0.15) is 37.3 Å². The van der Waals surface area contributed by atoms with E-state index in [-0.39, 0.29) is 0 Å². The molecule has 1 fully saturated rings. The summed E-state index contributed by atoms with van der Waals surface area (Å²) in [6.45, 7) is 4.38. The highest BCUT2D eigenvalue weighted by molar-refractivity contribution is 7.90. The molecule has 0 amide bonds. The summed E-state index contributed by atoms with van der Waals surface area (Å²) in [6.07, 6.45) is 4.15. The van der Waals surface area contributed by atoms with Crippen molar-refractivity contribution in [2.24, 2.45) is 5.16 Å². The van der Waals surface area contributed by atoms with Gasteiger partial charge in [-0.15, -0.1) is 0 Å².